The molecule has 1 aromatic heterocycles. The molecular formula is C23H26FN5OS. The predicted octanol–water partition coefficient (Wildman–Crippen LogP) is 3.49. The van der Waals surface area contributed by atoms with E-state index in [1.165, 1.54) is 23.4 Å². The summed E-state index contributed by atoms with van der Waals surface area (Å²) in [4.78, 5) is 14.9. The minimum absolute atomic E-state index is 0.0121. The summed E-state index contributed by atoms with van der Waals surface area (Å²) in [5.74, 6) is 0.354. The quantitative estimate of drug-likeness (QED) is 0.571. The van der Waals surface area contributed by atoms with Crippen molar-refractivity contribution in [1.29, 1.82) is 0 Å². The number of benzene rings is 2. The van der Waals surface area contributed by atoms with Crippen molar-refractivity contribution in [3.63, 3.8) is 0 Å². The molecule has 1 saturated heterocycles. The zero-order chi connectivity index (χ0) is 21.6. The normalized spacial score (nSPS) is 15.2. The lowest BCUT2D eigenvalue weighted by molar-refractivity contribution is -0.119. The van der Waals surface area contributed by atoms with E-state index in [1.807, 2.05) is 6.07 Å². The third-order valence-electron chi connectivity index (χ3n) is 5.48. The number of piperidine rings is 1. The van der Waals surface area contributed by atoms with Gasteiger partial charge in [-0.15, -0.1) is 10.2 Å². The molecule has 0 aliphatic carbocycles. The first-order chi connectivity index (χ1) is 15.1. The average Bonchev–Trinajstić information content (AvgIpc) is 3.15. The number of hydrogen-bond acceptors (Lipinski definition) is 5. The minimum Gasteiger partial charge on any atom is -0.353 e. The van der Waals surface area contributed by atoms with E-state index in [0.717, 1.165) is 32.5 Å². The number of rotatable bonds is 7. The number of likely N-dealkylation sites (tertiary alicyclic amines) is 1. The van der Waals surface area contributed by atoms with Gasteiger partial charge in [0.25, 0.3) is 0 Å². The van der Waals surface area contributed by atoms with Crippen LogP contribution in [0.2, 0.25) is 0 Å². The van der Waals surface area contributed by atoms with Crippen molar-refractivity contribution in [2.75, 3.05) is 18.8 Å². The first kappa shape index (κ1) is 21.5. The summed E-state index contributed by atoms with van der Waals surface area (Å²) in [6.07, 6.45) is 1.90. The van der Waals surface area contributed by atoms with Gasteiger partial charge in [-0.2, -0.15) is 0 Å². The molecule has 1 N–H and O–H groups in total. The molecular weight excluding hydrogens is 413 g/mol. The zero-order valence-electron chi connectivity index (χ0n) is 17.5. The molecule has 1 amide bonds. The molecule has 0 saturated carbocycles. The molecule has 0 spiro atoms. The van der Waals surface area contributed by atoms with E-state index in [2.05, 4.69) is 44.7 Å². The molecule has 3 aromatic rings. The number of aromatic nitrogens is 3. The Labute approximate surface area is 185 Å². The molecule has 4 rings (SSSR count). The molecule has 31 heavy (non-hydrogen) atoms. The number of amides is 1. The Bertz CT molecular complexity index is 1020. The van der Waals surface area contributed by atoms with Crippen LogP contribution in [0.3, 0.4) is 0 Å². The number of carbonyl (C=O) groups excluding carboxylic acids is 1. The van der Waals surface area contributed by atoms with E-state index in [4.69, 9.17) is 0 Å². The number of carbonyl (C=O) groups is 1. The van der Waals surface area contributed by atoms with Crippen LogP contribution in [0.4, 0.5) is 4.39 Å². The molecule has 6 nitrogen and oxygen atoms in total. The average molecular weight is 440 g/mol. The number of thioether (sulfide) groups is 1. The van der Waals surface area contributed by atoms with Gasteiger partial charge in [0.1, 0.15) is 5.82 Å². The molecule has 2 heterocycles. The van der Waals surface area contributed by atoms with Crippen molar-refractivity contribution in [2.45, 2.75) is 30.6 Å². The van der Waals surface area contributed by atoms with E-state index in [9.17, 15) is 9.18 Å². The Morgan fingerprint density at radius 1 is 1.10 bits per heavy atom. The molecule has 1 fully saturated rings. The van der Waals surface area contributed by atoms with Gasteiger partial charge in [-0.3, -0.25) is 9.69 Å². The number of halogens is 1. The van der Waals surface area contributed by atoms with Crippen molar-refractivity contribution in [2.24, 2.45) is 7.05 Å². The first-order valence-corrected chi connectivity index (χ1v) is 11.4. The van der Waals surface area contributed by atoms with Crippen LogP contribution in [0.15, 0.2) is 59.8 Å². The highest BCUT2D eigenvalue weighted by molar-refractivity contribution is 7.99. The summed E-state index contributed by atoms with van der Waals surface area (Å²) in [6, 6.07) is 17.1. The fourth-order valence-corrected chi connectivity index (χ4v) is 4.52. The summed E-state index contributed by atoms with van der Waals surface area (Å²) >= 11 is 1.31. The van der Waals surface area contributed by atoms with Crippen LogP contribution in [0.1, 0.15) is 18.4 Å². The van der Waals surface area contributed by atoms with E-state index in [0.29, 0.717) is 16.5 Å². The van der Waals surface area contributed by atoms with Gasteiger partial charge >= 0.3 is 0 Å². The van der Waals surface area contributed by atoms with E-state index >= 15 is 0 Å². The Hall–Kier alpha value is -2.71. The molecule has 0 radical (unpaired) electrons. The largest absolute Gasteiger partial charge is 0.353 e. The SMILES string of the molecule is Cn1c(SCC(=O)NC2CCN(Cc3ccccc3)CC2)nnc1-c1ccccc1F. The standard InChI is InChI=1S/C23H26FN5OS/c1-28-22(19-9-5-6-10-20(19)24)26-27-23(28)31-16-21(30)25-18-11-13-29(14-12-18)15-17-7-3-2-4-8-17/h2-10,18H,11-16H2,1H3,(H,25,30). The van der Waals surface area contributed by atoms with Crippen molar-refractivity contribution in [3.8, 4) is 11.4 Å². The van der Waals surface area contributed by atoms with Crippen LogP contribution < -0.4 is 5.32 Å². The Morgan fingerprint density at radius 3 is 2.55 bits per heavy atom. The van der Waals surface area contributed by atoms with Gasteiger partial charge in [-0.25, -0.2) is 4.39 Å². The van der Waals surface area contributed by atoms with Gasteiger partial charge in [-0.1, -0.05) is 54.2 Å². The molecule has 1 aliphatic heterocycles. The number of nitrogens with zero attached hydrogens (tertiary/aromatic N) is 4. The molecule has 0 bridgehead atoms. The van der Waals surface area contributed by atoms with E-state index in [-0.39, 0.29) is 23.5 Å². The highest BCUT2D eigenvalue weighted by Crippen LogP contribution is 2.24. The van der Waals surface area contributed by atoms with Crippen molar-refractivity contribution in [3.05, 3.63) is 66.0 Å². The number of nitrogens with one attached hydrogen (secondary N) is 1. The second-order valence-corrected chi connectivity index (χ2v) is 8.68. The Kier molecular flexibility index (Phi) is 6.99. The molecule has 162 valence electrons. The van der Waals surface area contributed by atoms with Gasteiger partial charge < -0.3 is 9.88 Å². The Morgan fingerprint density at radius 2 is 1.81 bits per heavy atom. The summed E-state index contributed by atoms with van der Waals surface area (Å²) in [6.45, 7) is 2.90. The molecule has 8 heteroatoms. The van der Waals surface area contributed by atoms with E-state index in [1.54, 1.807) is 29.8 Å². The smallest absolute Gasteiger partial charge is 0.230 e. The summed E-state index contributed by atoms with van der Waals surface area (Å²) in [5.41, 5.74) is 1.72. The minimum atomic E-state index is -0.342. The van der Waals surface area contributed by atoms with Crippen molar-refractivity contribution < 1.29 is 9.18 Å². The van der Waals surface area contributed by atoms with Crippen molar-refractivity contribution >= 4 is 17.7 Å². The summed E-state index contributed by atoms with van der Waals surface area (Å²) < 4.78 is 15.8. The maximum atomic E-state index is 14.0. The van der Waals surface area contributed by atoms with Crippen LogP contribution in [-0.2, 0) is 18.4 Å². The van der Waals surface area contributed by atoms with Crippen LogP contribution in [0.25, 0.3) is 11.4 Å². The van der Waals surface area contributed by atoms with Gasteiger partial charge in [0.15, 0.2) is 11.0 Å². The first-order valence-electron chi connectivity index (χ1n) is 10.4. The topological polar surface area (TPSA) is 63.1 Å². The van der Waals surface area contributed by atoms with Crippen LogP contribution in [0.5, 0.6) is 0 Å². The van der Waals surface area contributed by atoms with Crippen molar-refractivity contribution in [1.82, 2.24) is 25.0 Å². The zero-order valence-corrected chi connectivity index (χ0v) is 18.3. The Balaban J connectivity index is 1.24. The van der Waals surface area contributed by atoms with Crippen LogP contribution >= 0.6 is 11.8 Å². The summed E-state index contributed by atoms with van der Waals surface area (Å²) in [5, 5.41) is 11.9. The second-order valence-electron chi connectivity index (χ2n) is 7.74. The molecule has 2 aromatic carbocycles. The third kappa shape index (κ3) is 5.51. The van der Waals surface area contributed by atoms with Gasteiger partial charge in [-0.05, 0) is 30.5 Å². The van der Waals surface area contributed by atoms with E-state index < -0.39 is 0 Å². The lowest BCUT2D eigenvalue weighted by Gasteiger charge is -2.32. The summed E-state index contributed by atoms with van der Waals surface area (Å²) in [7, 11) is 1.78. The molecule has 0 atom stereocenters. The molecule has 0 unspecified atom stereocenters. The van der Waals surface area contributed by atoms with Gasteiger partial charge in [0, 0.05) is 32.7 Å². The fraction of sp³-hybridized carbons (Fsp3) is 0.348. The van der Waals surface area contributed by atoms with Crippen LogP contribution in [0, 0.1) is 5.82 Å². The van der Waals surface area contributed by atoms with Crippen LogP contribution in [-0.4, -0.2) is 50.5 Å². The maximum absolute atomic E-state index is 14.0. The lowest BCUT2D eigenvalue weighted by Crippen LogP contribution is -2.44. The highest BCUT2D eigenvalue weighted by atomic mass is 32.2. The number of hydrogen-bond donors (Lipinski definition) is 1. The maximum Gasteiger partial charge on any atom is 0.230 e. The monoisotopic (exact) mass is 439 g/mol. The highest BCUT2D eigenvalue weighted by Gasteiger charge is 2.21. The van der Waals surface area contributed by atoms with Gasteiger partial charge in [0.05, 0.1) is 11.3 Å². The third-order valence-corrected chi connectivity index (χ3v) is 6.50. The molecule has 1 aliphatic rings. The second kappa shape index (κ2) is 10.1. The fourth-order valence-electron chi connectivity index (χ4n) is 3.79. The predicted molar refractivity (Wildman–Crippen MR) is 120 cm³/mol. The van der Waals surface area contributed by atoms with Gasteiger partial charge in [0.2, 0.25) is 5.91 Å². The lowest BCUT2D eigenvalue weighted by atomic mass is 10.0.